The number of aromatic nitrogens is 2. The molecule has 3 rings (SSSR count). The van der Waals surface area contributed by atoms with Gasteiger partial charge in [-0.2, -0.15) is 0 Å². The standard InChI is InChI=1S/C18H17N3O2S2/c22-16(11-12-24-14-7-3-1-4-8-14)19-18-21-20-17(23-18)13-25-15-9-5-2-6-10-15/h1-10H,11-13H2,(H,19,21,22). The number of hydrogen-bond donors (Lipinski definition) is 1. The van der Waals surface area contributed by atoms with Crippen LogP contribution in [0.15, 0.2) is 74.9 Å². The van der Waals surface area contributed by atoms with E-state index in [1.165, 1.54) is 0 Å². The summed E-state index contributed by atoms with van der Waals surface area (Å²) in [5.41, 5.74) is 0. The normalized spacial score (nSPS) is 10.6. The lowest BCUT2D eigenvalue weighted by molar-refractivity contribution is -0.115. The zero-order chi connectivity index (χ0) is 17.3. The highest BCUT2D eigenvalue weighted by atomic mass is 32.2. The number of rotatable bonds is 8. The molecule has 2 aromatic carbocycles. The van der Waals surface area contributed by atoms with Crippen LogP contribution in [0, 0.1) is 0 Å². The predicted molar refractivity (Wildman–Crippen MR) is 101 cm³/mol. The van der Waals surface area contributed by atoms with Gasteiger partial charge in [0.1, 0.15) is 0 Å². The number of benzene rings is 2. The Morgan fingerprint density at radius 3 is 2.24 bits per heavy atom. The minimum Gasteiger partial charge on any atom is -0.407 e. The van der Waals surface area contributed by atoms with Crippen molar-refractivity contribution in [3.8, 4) is 0 Å². The van der Waals surface area contributed by atoms with Crippen LogP contribution in [0.5, 0.6) is 0 Å². The third-order valence-corrected chi connectivity index (χ3v) is 5.17. The quantitative estimate of drug-likeness (QED) is 0.589. The maximum Gasteiger partial charge on any atom is 0.322 e. The summed E-state index contributed by atoms with van der Waals surface area (Å²) in [6.45, 7) is 0. The average Bonchev–Trinajstić information content (AvgIpc) is 3.09. The van der Waals surface area contributed by atoms with Crippen LogP contribution in [-0.4, -0.2) is 21.9 Å². The Morgan fingerprint density at radius 2 is 1.56 bits per heavy atom. The van der Waals surface area contributed by atoms with Crippen molar-refractivity contribution in [1.82, 2.24) is 10.2 Å². The highest BCUT2D eigenvalue weighted by Gasteiger charge is 2.10. The second kappa shape index (κ2) is 9.29. The summed E-state index contributed by atoms with van der Waals surface area (Å²) in [5.74, 6) is 1.62. The zero-order valence-corrected chi connectivity index (χ0v) is 15.1. The van der Waals surface area contributed by atoms with Crippen LogP contribution in [0.2, 0.25) is 0 Å². The lowest BCUT2D eigenvalue weighted by atomic mass is 10.4. The Labute approximate surface area is 154 Å². The second-order valence-electron chi connectivity index (χ2n) is 5.06. The summed E-state index contributed by atoms with van der Waals surface area (Å²) < 4.78 is 5.46. The van der Waals surface area contributed by atoms with Crippen molar-refractivity contribution in [2.75, 3.05) is 11.1 Å². The smallest absolute Gasteiger partial charge is 0.322 e. The molecule has 0 fully saturated rings. The minimum absolute atomic E-state index is 0.130. The number of anilines is 1. The van der Waals surface area contributed by atoms with E-state index in [2.05, 4.69) is 15.5 Å². The van der Waals surface area contributed by atoms with Gasteiger partial charge in [-0.25, -0.2) is 0 Å². The first-order valence-electron chi connectivity index (χ1n) is 7.77. The molecule has 25 heavy (non-hydrogen) atoms. The maximum absolute atomic E-state index is 11.9. The fourth-order valence-electron chi connectivity index (χ4n) is 1.98. The number of amides is 1. The van der Waals surface area contributed by atoms with E-state index < -0.39 is 0 Å². The van der Waals surface area contributed by atoms with Gasteiger partial charge in [-0.05, 0) is 24.3 Å². The molecule has 1 amide bonds. The van der Waals surface area contributed by atoms with Crippen molar-refractivity contribution < 1.29 is 9.21 Å². The molecule has 0 atom stereocenters. The molecule has 1 aromatic heterocycles. The summed E-state index contributed by atoms with van der Waals surface area (Å²) in [7, 11) is 0. The number of carbonyl (C=O) groups excluding carboxylic acids is 1. The van der Waals surface area contributed by atoms with Gasteiger partial charge in [0.25, 0.3) is 0 Å². The Balaban J connectivity index is 1.40. The van der Waals surface area contributed by atoms with Gasteiger partial charge in [0.05, 0.1) is 5.75 Å². The number of hydrogen-bond acceptors (Lipinski definition) is 6. The third-order valence-electron chi connectivity index (χ3n) is 3.16. The molecule has 5 nitrogen and oxygen atoms in total. The van der Waals surface area contributed by atoms with Crippen molar-refractivity contribution in [3.05, 3.63) is 66.6 Å². The van der Waals surface area contributed by atoms with Gasteiger partial charge in [-0.15, -0.1) is 28.6 Å². The van der Waals surface area contributed by atoms with E-state index in [4.69, 9.17) is 4.42 Å². The molecule has 0 unspecified atom stereocenters. The molecule has 128 valence electrons. The Hall–Kier alpha value is -2.25. The van der Waals surface area contributed by atoms with Crippen LogP contribution in [0.3, 0.4) is 0 Å². The first-order chi connectivity index (χ1) is 12.3. The molecular weight excluding hydrogens is 354 g/mol. The van der Waals surface area contributed by atoms with Gasteiger partial charge >= 0.3 is 6.01 Å². The fourth-order valence-corrected chi connectivity index (χ4v) is 3.61. The van der Waals surface area contributed by atoms with E-state index >= 15 is 0 Å². The predicted octanol–water partition coefficient (Wildman–Crippen LogP) is 4.48. The monoisotopic (exact) mass is 371 g/mol. The van der Waals surface area contributed by atoms with Crippen LogP contribution in [0.1, 0.15) is 12.3 Å². The van der Waals surface area contributed by atoms with E-state index in [0.717, 1.165) is 9.79 Å². The van der Waals surface area contributed by atoms with Crippen molar-refractivity contribution in [3.63, 3.8) is 0 Å². The number of nitrogens with one attached hydrogen (secondary N) is 1. The fraction of sp³-hybridized carbons (Fsp3) is 0.167. The first kappa shape index (κ1) is 17.6. The number of carbonyl (C=O) groups is 1. The largest absolute Gasteiger partial charge is 0.407 e. The molecule has 0 saturated carbocycles. The van der Waals surface area contributed by atoms with Gasteiger partial charge in [-0.1, -0.05) is 41.5 Å². The van der Waals surface area contributed by atoms with Crippen LogP contribution in [0.4, 0.5) is 6.01 Å². The minimum atomic E-state index is -0.130. The number of nitrogens with zero attached hydrogens (tertiary/aromatic N) is 2. The molecule has 1 heterocycles. The SMILES string of the molecule is O=C(CCSc1ccccc1)Nc1nnc(CSc2ccccc2)o1. The average molecular weight is 371 g/mol. The molecule has 0 radical (unpaired) electrons. The Morgan fingerprint density at radius 1 is 0.920 bits per heavy atom. The van der Waals surface area contributed by atoms with Crippen molar-refractivity contribution >= 4 is 35.4 Å². The molecule has 0 spiro atoms. The Kier molecular flexibility index (Phi) is 6.53. The highest BCUT2D eigenvalue weighted by Crippen LogP contribution is 2.22. The van der Waals surface area contributed by atoms with Crippen LogP contribution < -0.4 is 5.32 Å². The summed E-state index contributed by atoms with van der Waals surface area (Å²) in [6, 6.07) is 20.1. The summed E-state index contributed by atoms with van der Waals surface area (Å²) in [5, 5.41) is 10.5. The topological polar surface area (TPSA) is 68.0 Å². The van der Waals surface area contributed by atoms with Crippen molar-refractivity contribution in [2.24, 2.45) is 0 Å². The summed E-state index contributed by atoms with van der Waals surface area (Å²) in [6.07, 6.45) is 0.385. The van der Waals surface area contributed by atoms with Gasteiger partial charge in [0, 0.05) is 22.0 Å². The van der Waals surface area contributed by atoms with Crippen LogP contribution in [0.25, 0.3) is 0 Å². The van der Waals surface area contributed by atoms with E-state index in [-0.39, 0.29) is 11.9 Å². The van der Waals surface area contributed by atoms with E-state index in [0.29, 0.717) is 23.8 Å². The van der Waals surface area contributed by atoms with E-state index in [1.807, 2.05) is 60.7 Å². The van der Waals surface area contributed by atoms with Crippen LogP contribution in [-0.2, 0) is 10.5 Å². The van der Waals surface area contributed by atoms with E-state index in [1.54, 1.807) is 23.5 Å². The zero-order valence-electron chi connectivity index (χ0n) is 13.4. The maximum atomic E-state index is 11.9. The molecule has 1 N–H and O–H groups in total. The Bertz CT molecular complexity index is 794. The lowest BCUT2D eigenvalue weighted by Crippen LogP contribution is -2.12. The molecule has 0 aliphatic heterocycles. The lowest BCUT2D eigenvalue weighted by Gasteiger charge is -2.01. The third kappa shape index (κ3) is 5.95. The molecular formula is C18H17N3O2S2. The van der Waals surface area contributed by atoms with Crippen molar-refractivity contribution in [1.29, 1.82) is 0 Å². The van der Waals surface area contributed by atoms with Gasteiger partial charge in [-0.3, -0.25) is 10.1 Å². The molecule has 0 aliphatic carbocycles. The summed E-state index contributed by atoms with van der Waals surface area (Å²) in [4.78, 5) is 14.2. The van der Waals surface area contributed by atoms with E-state index in [9.17, 15) is 4.79 Å². The molecule has 7 heteroatoms. The molecule has 0 bridgehead atoms. The van der Waals surface area contributed by atoms with Crippen LogP contribution >= 0.6 is 23.5 Å². The molecule has 0 saturated heterocycles. The summed E-state index contributed by atoms with van der Waals surface area (Å²) >= 11 is 3.24. The number of thioether (sulfide) groups is 2. The van der Waals surface area contributed by atoms with Gasteiger partial charge in [0.2, 0.25) is 11.8 Å². The highest BCUT2D eigenvalue weighted by molar-refractivity contribution is 7.99. The van der Waals surface area contributed by atoms with Gasteiger partial charge in [0.15, 0.2) is 0 Å². The second-order valence-corrected chi connectivity index (χ2v) is 7.28. The molecule has 0 aliphatic rings. The van der Waals surface area contributed by atoms with Crippen molar-refractivity contribution in [2.45, 2.75) is 22.0 Å². The molecule has 3 aromatic rings. The van der Waals surface area contributed by atoms with Gasteiger partial charge < -0.3 is 4.42 Å². The first-order valence-corrected chi connectivity index (χ1v) is 9.74.